The van der Waals surface area contributed by atoms with Crippen LogP contribution < -0.4 is 10.6 Å². The Morgan fingerprint density at radius 3 is 2.21 bits per heavy atom. The molecule has 0 fully saturated rings. The number of carbonyl (C=O) groups is 2. The van der Waals surface area contributed by atoms with Crippen LogP contribution in [0.2, 0.25) is 0 Å². The summed E-state index contributed by atoms with van der Waals surface area (Å²) in [5.41, 5.74) is 1.70. The quantitative estimate of drug-likeness (QED) is 0.645. The normalized spacial score (nSPS) is 10.4. The van der Waals surface area contributed by atoms with E-state index in [0.29, 0.717) is 18.5 Å². The van der Waals surface area contributed by atoms with E-state index in [1.54, 1.807) is 30.3 Å². The van der Waals surface area contributed by atoms with Crippen molar-refractivity contribution in [2.24, 2.45) is 0 Å². The fraction of sp³-hybridized carbons (Fsp3) is 0.136. The van der Waals surface area contributed by atoms with E-state index < -0.39 is 11.7 Å². The van der Waals surface area contributed by atoms with E-state index in [1.807, 2.05) is 0 Å². The first-order valence-corrected chi connectivity index (χ1v) is 9.02. The lowest BCUT2D eigenvalue weighted by molar-refractivity contribution is 0.0950. The first-order valence-electron chi connectivity index (χ1n) is 9.02. The minimum Gasteiger partial charge on any atom is -0.352 e. The van der Waals surface area contributed by atoms with Crippen molar-refractivity contribution in [1.82, 2.24) is 15.6 Å². The summed E-state index contributed by atoms with van der Waals surface area (Å²) in [5, 5.41) is 5.35. The van der Waals surface area contributed by atoms with Crippen LogP contribution in [0.1, 0.15) is 31.8 Å². The molecule has 148 valence electrons. The summed E-state index contributed by atoms with van der Waals surface area (Å²) < 4.78 is 26.5. The largest absolute Gasteiger partial charge is 0.352 e. The van der Waals surface area contributed by atoms with Crippen LogP contribution in [0.5, 0.6) is 0 Å². The zero-order valence-corrected chi connectivity index (χ0v) is 15.5. The van der Waals surface area contributed by atoms with Crippen LogP contribution in [0.25, 0.3) is 0 Å². The Bertz CT molecular complexity index is 1010. The SMILES string of the molecule is O=C(NCCc1ccc(F)cc1)c1cncc(C(=O)NCc2ccccc2F)c1. The van der Waals surface area contributed by atoms with Crippen LogP contribution in [-0.4, -0.2) is 23.3 Å². The van der Waals surface area contributed by atoms with Crippen molar-refractivity contribution in [2.45, 2.75) is 13.0 Å². The molecule has 7 heteroatoms. The van der Waals surface area contributed by atoms with Crippen molar-refractivity contribution in [1.29, 1.82) is 0 Å². The molecule has 0 atom stereocenters. The third kappa shape index (κ3) is 5.68. The van der Waals surface area contributed by atoms with Crippen molar-refractivity contribution in [2.75, 3.05) is 6.54 Å². The van der Waals surface area contributed by atoms with Crippen LogP contribution in [0.3, 0.4) is 0 Å². The van der Waals surface area contributed by atoms with Gasteiger partial charge in [0, 0.05) is 31.0 Å². The van der Waals surface area contributed by atoms with E-state index in [0.717, 1.165) is 5.56 Å². The second kappa shape index (κ2) is 9.54. The molecule has 2 N–H and O–H groups in total. The molecule has 2 amide bonds. The Morgan fingerprint density at radius 2 is 1.52 bits per heavy atom. The number of hydrogen-bond donors (Lipinski definition) is 2. The lowest BCUT2D eigenvalue weighted by Gasteiger charge is -2.08. The Balaban J connectivity index is 1.55. The highest BCUT2D eigenvalue weighted by atomic mass is 19.1. The van der Waals surface area contributed by atoms with Gasteiger partial charge in [-0.3, -0.25) is 14.6 Å². The van der Waals surface area contributed by atoms with Gasteiger partial charge in [0.05, 0.1) is 11.1 Å². The van der Waals surface area contributed by atoms with Crippen LogP contribution in [0.15, 0.2) is 67.0 Å². The number of rotatable bonds is 7. The summed E-state index contributed by atoms with van der Waals surface area (Å²) in [4.78, 5) is 28.5. The molecular formula is C22H19F2N3O2. The van der Waals surface area contributed by atoms with Crippen LogP contribution in [0, 0.1) is 11.6 Å². The van der Waals surface area contributed by atoms with Gasteiger partial charge in [0.25, 0.3) is 11.8 Å². The fourth-order valence-electron chi connectivity index (χ4n) is 2.68. The molecule has 0 bridgehead atoms. The summed E-state index contributed by atoms with van der Waals surface area (Å²) in [5.74, 6) is -1.54. The van der Waals surface area contributed by atoms with Crippen LogP contribution in [-0.2, 0) is 13.0 Å². The number of amides is 2. The maximum absolute atomic E-state index is 13.6. The Morgan fingerprint density at radius 1 is 0.862 bits per heavy atom. The molecule has 1 heterocycles. The van der Waals surface area contributed by atoms with Crippen molar-refractivity contribution in [3.8, 4) is 0 Å². The number of pyridine rings is 1. The average molecular weight is 395 g/mol. The van der Waals surface area contributed by atoms with E-state index in [1.165, 1.54) is 36.7 Å². The van der Waals surface area contributed by atoms with Gasteiger partial charge in [0.1, 0.15) is 11.6 Å². The number of nitrogens with zero attached hydrogens (tertiary/aromatic N) is 1. The number of aromatic nitrogens is 1. The average Bonchev–Trinajstić information content (AvgIpc) is 2.74. The van der Waals surface area contributed by atoms with Crippen molar-refractivity contribution in [3.05, 3.63) is 101 Å². The van der Waals surface area contributed by atoms with Crippen molar-refractivity contribution >= 4 is 11.8 Å². The van der Waals surface area contributed by atoms with Gasteiger partial charge in [-0.25, -0.2) is 8.78 Å². The first-order chi connectivity index (χ1) is 14.0. The van der Waals surface area contributed by atoms with Crippen molar-refractivity contribution < 1.29 is 18.4 Å². The number of carbonyl (C=O) groups excluding carboxylic acids is 2. The number of hydrogen-bond acceptors (Lipinski definition) is 3. The molecule has 0 aliphatic rings. The van der Waals surface area contributed by atoms with Crippen molar-refractivity contribution in [3.63, 3.8) is 0 Å². The highest BCUT2D eigenvalue weighted by Gasteiger charge is 2.12. The van der Waals surface area contributed by atoms with Gasteiger partial charge in [-0.1, -0.05) is 30.3 Å². The summed E-state index contributed by atoms with van der Waals surface area (Å²) in [6.45, 7) is 0.383. The molecule has 0 unspecified atom stereocenters. The fourth-order valence-corrected chi connectivity index (χ4v) is 2.68. The molecule has 2 aromatic carbocycles. The van der Waals surface area contributed by atoms with E-state index in [9.17, 15) is 18.4 Å². The molecule has 0 saturated carbocycles. The van der Waals surface area contributed by atoms with Gasteiger partial charge in [-0.15, -0.1) is 0 Å². The van der Waals surface area contributed by atoms with Crippen LogP contribution in [0.4, 0.5) is 8.78 Å². The summed E-state index contributed by atoms with van der Waals surface area (Å²) in [6, 6.07) is 13.6. The minimum atomic E-state index is -0.457. The smallest absolute Gasteiger partial charge is 0.253 e. The minimum absolute atomic E-state index is 0.0274. The zero-order chi connectivity index (χ0) is 20.6. The topological polar surface area (TPSA) is 71.1 Å². The van der Waals surface area contributed by atoms with E-state index in [-0.39, 0.29) is 29.4 Å². The number of benzene rings is 2. The molecule has 0 radical (unpaired) electrons. The molecular weight excluding hydrogens is 376 g/mol. The number of nitrogens with one attached hydrogen (secondary N) is 2. The predicted molar refractivity (Wildman–Crippen MR) is 104 cm³/mol. The lowest BCUT2D eigenvalue weighted by Crippen LogP contribution is -2.27. The van der Waals surface area contributed by atoms with E-state index in [2.05, 4.69) is 15.6 Å². The van der Waals surface area contributed by atoms with Gasteiger partial charge in [0.2, 0.25) is 0 Å². The van der Waals surface area contributed by atoms with Gasteiger partial charge >= 0.3 is 0 Å². The molecule has 3 aromatic rings. The summed E-state index contributed by atoms with van der Waals surface area (Å²) >= 11 is 0. The van der Waals surface area contributed by atoms with Gasteiger partial charge in [-0.05, 0) is 36.2 Å². The van der Waals surface area contributed by atoms with E-state index >= 15 is 0 Å². The molecule has 29 heavy (non-hydrogen) atoms. The monoisotopic (exact) mass is 395 g/mol. The third-order valence-corrected chi connectivity index (χ3v) is 4.27. The standard InChI is InChI=1S/C22H19F2N3O2/c23-19-7-5-15(6-8-19)9-10-26-21(28)17-11-18(13-25-12-17)22(29)27-14-16-3-1-2-4-20(16)24/h1-8,11-13H,9-10,14H2,(H,26,28)(H,27,29). The lowest BCUT2D eigenvalue weighted by atomic mass is 10.1. The van der Waals surface area contributed by atoms with Gasteiger partial charge in [-0.2, -0.15) is 0 Å². The zero-order valence-electron chi connectivity index (χ0n) is 15.5. The van der Waals surface area contributed by atoms with E-state index in [4.69, 9.17) is 0 Å². The molecule has 1 aromatic heterocycles. The third-order valence-electron chi connectivity index (χ3n) is 4.27. The second-order valence-electron chi connectivity index (χ2n) is 6.37. The summed E-state index contributed by atoms with van der Waals surface area (Å²) in [7, 11) is 0. The molecule has 0 saturated heterocycles. The molecule has 0 aliphatic heterocycles. The highest BCUT2D eigenvalue weighted by Crippen LogP contribution is 2.08. The maximum atomic E-state index is 13.6. The molecule has 3 rings (SSSR count). The Kier molecular flexibility index (Phi) is 6.63. The Hall–Kier alpha value is -3.61. The number of halogens is 2. The summed E-state index contributed by atoms with van der Waals surface area (Å²) in [6.07, 6.45) is 3.25. The predicted octanol–water partition coefficient (Wildman–Crippen LogP) is 3.26. The maximum Gasteiger partial charge on any atom is 0.253 e. The highest BCUT2D eigenvalue weighted by molar-refractivity contribution is 5.99. The Labute approximate surface area is 166 Å². The first kappa shape index (κ1) is 20.1. The second-order valence-corrected chi connectivity index (χ2v) is 6.37. The van der Waals surface area contributed by atoms with Gasteiger partial charge < -0.3 is 10.6 Å². The van der Waals surface area contributed by atoms with Crippen LogP contribution >= 0.6 is 0 Å². The molecule has 5 nitrogen and oxygen atoms in total. The molecule has 0 aliphatic carbocycles. The van der Waals surface area contributed by atoms with Gasteiger partial charge in [0.15, 0.2) is 0 Å². The molecule has 0 spiro atoms.